The minimum absolute atomic E-state index is 0.0610. The van der Waals surface area contributed by atoms with E-state index in [0.717, 1.165) is 12.1 Å². The molecule has 1 aliphatic rings. The van der Waals surface area contributed by atoms with E-state index in [1.165, 1.54) is 23.4 Å². The molecule has 0 aliphatic carbocycles. The average molecular weight is 308 g/mol. The Hall–Kier alpha value is -2.57. The van der Waals surface area contributed by atoms with E-state index in [-0.39, 0.29) is 11.4 Å². The molecule has 1 aliphatic heterocycles. The zero-order chi connectivity index (χ0) is 15.9. The van der Waals surface area contributed by atoms with Crippen LogP contribution in [-0.4, -0.2) is 17.0 Å². The minimum Gasteiger partial charge on any atom is -0.479 e. The number of hydrogen-bond donors (Lipinski definition) is 0. The lowest BCUT2D eigenvalue weighted by molar-refractivity contribution is -0.137. The maximum absolute atomic E-state index is 12.9. The second-order valence-electron chi connectivity index (χ2n) is 4.83. The van der Waals surface area contributed by atoms with Gasteiger partial charge in [-0.05, 0) is 37.3 Å². The normalized spacial score (nSPS) is 17.9. The number of amides is 1. The molecule has 0 N–H and O–H groups in total. The molecule has 2 heterocycles. The van der Waals surface area contributed by atoms with Crippen LogP contribution in [0.1, 0.15) is 12.5 Å². The van der Waals surface area contributed by atoms with Gasteiger partial charge in [-0.3, -0.25) is 14.7 Å². The smallest absolute Gasteiger partial charge is 0.416 e. The number of aromatic nitrogens is 1. The van der Waals surface area contributed by atoms with Gasteiger partial charge < -0.3 is 4.74 Å². The Morgan fingerprint density at radius 2 is 2.05 bits per heavy atom. The van der Waals surface area contributed by atoms with Gasteiger partial charge in [0, 0.05) is 6.20 Å². The summed E-state index contributed by atoms with van der Waals surface area (Å²) >= 11 is 0. The first-order chi connectivity index (χ1) is 10.4. The summed E-state index contributed by atoms with van der Waals surface area (Å²) in [7, 11) is 0. The molecule has 1 atom stereocenters. The number of pyridine rings is 1. The van der Waals surface area contributed by atoms with E-state index in [2.05, 4.69) is 4.98 Å². The molecule has 1 amide bonds. The van der Waals surface area contributed by atoms with Gasteiger partial charge in [-0.2, -0.15) is 13.2 Å². The van der Waals surface area contributed by atoms with E-state index in [1.807, 2.05) is 0 Å². The van der Waals surface area contributed by atoms with Gasteiger partial charge in [-0.25, -0.2) is 0 Å². The quantitative estimate of drug-likeness (QED) is 0.809. The van der Waals surface area contributed by atoms with Gasteiger partial charge in [0.15, 0.2) is 6.10 Å². The van der Waals surface area contributed by atoms with Gasteiger partial charge in [-0.1, -0.05) is 0 Å². The molecule has 0 spiro atoms. The Morgan fingerprint density at radius 1 is 1.27 bits per heavy atom. The molecule has 2 aromatic rings. The van der Waals surface area contributed by atoms with Gasteiger partial charge in [-0.15, -0.1) is 0 Å². The second kappa shape index (κ2) is 5.01. The molecule has 0 radical (unpaired) electrons. The number of rotatable bonds is 1. The van der Waals surface area contributed by atoms with Crippen molar-refractivity contribution in [2.75, 3.05) is 4.90 Å². The zero-order valence-electron chi connectivity index (χ0n) is 11.5. The lowest BCUT2D eigenvalue weighted by Crippen LogP contribution is -2.41. The van der Waals surface area contributed by atoms with E-state index in [9.17, 15) is 18.0 Å². The largest absolute Gasteiger partial charge is 0.479 e. The van der Waals surface area contributed by atoms with Crippen LogP contribution in [0.5, 0.6) is 5.75 Å². The van der Waals surface area contributed by atoms with Crippen LogP contribution in [0.15, 0.2) is 42.7 Å². The van der Waals surface area contributed by atoms with Crippen molar-refractivity contribution in [3.63, 3.8) is 0 Å². The van der Waals surface area contributed by atoms with Crippen LogP contribution in [0, 0.1) is 0 Å². The highest BCUT2D eigenvalue weighted by atomic mass is 19.4. The Morgan fingerprint density at radius 3 is 2.68 bits per heavy atom. The fraction of sp³-hybridized carbons (Fsp3) is 0.200. The summed E-state index contributed by atoms with van der Waals surface area (Å²) in [4.78, 5) is 17.4. The van der Waals surface area contributed by atoms with Crippen LogP contribution in [0.4, 0.5) is 24.5 Å². The SMILES string of the molecule is CC1Oc2ccc(C(F)(F)F)cc2N(c2cccnc2)C1=O. The Labute approximate surface area is 124 Å². The number of hydrogen-bond acceptors (Lipinski definition) is 3. The molecule has 0 bridgehead atoms. The monoisotopic (exact) mass is 308 g/mol. The first-order valence-corrected chi connectivity index (χ1v) is 6.50. The topological polar surface area (TPSA) is 42.4 Å². The van der Waals surface area contributed by atoms with Gasteiger partial charge in [0.2, 0.25) is 0 Å². The molecular formula is C15H11F3N2O2. The minimum atomic E-state index is -4.50. The number of halogens is 3. The van der Waals surface area contributed by atoms with E-state index in [0.29, 0.717) is 5.69 Å². The van der Waals surface area contributed by atoms with Crippen LogP contribution >= 0.6 is 0 Å². The van der Waals surface area contributed by atoms with E-state index in [1.54, 1.807) is 19.1 Å². The van der Waals surface area contributed by atoms with Crippen LogP contribution in [-0.2, 0) is 11.0 Å². The van der Waals surface area contributed by atoms with Crippen molar-refractivity contribution >= 4 is 17.3 Å². The summed E-state index contributed by atoms with van der Waals surface area (Å²) in [6.45, 7) is 1.55. The third-order valence-electron chi connectivity index (χ3n) is 3.30. The van der Waals surface area contributed by atoms with Gasteiger partial charge in [0.05, 0.1) is 23.1 Å². The predicted octanol–water partition coefficient (Wildman–Crippen LogP) is 3.55. The molecule has 0 saturated heterocycles. The van der Waals surface area contributed by atoms with Crippen molar-refractivity contribution in [3.05, 3.63) is 48.3 Å². The molecule has 3 rings (SSSR count). The Balaban J connectivity index is 2.17. The molecule has 1 aromatic carbocycles. The molecule has 1 aromatic heterocycles. The second-order valence-corrected chi connectivity index (χ2v) is 4.83. The van der Waals surface area contributed by atoms with Gasteiger partial charge in [0.25, 0.3) is 5.91 Å². The molecule has 4 nitrogen and oxygen atoms in total. The molecule has 22 heavy (non-hydrogen) atoms. The van der Waals surface area contributed by atoms with Gasteiger partial charge in [0.1, 0.15) is 5.75 Å². The van der Waals surface area contributed by atoms with Crippen molar-refractivity contribution in [2.24, 2.45) is 0 Å². The standard InChI is InChI=1S/C15H11F3N2O2/c1-9-14(21)20(11-3-2-6-19-8-11)12-7-10(15(16,17)18)4-5-13(12)22-9/h2-9H,1H3. The maximum atomic E-state index is 12.9. The summed E-state index contributed by atoms with van der Waals surface area (Å²) in [6, 6.07) is 6.28. The number of ether oxygens (including phenoxy) is 1. The zero-order valence-corrected chi connectivity index (χ0v) is 11.5. The predicted molar refractivity (Wildman–Crippen MR) is 72.9 cm³/mol. The Bertz CT molecular complexity index is 716. The highest BCUT2D eigenvalue weighted by molar-refractivity contribution is 6.05. The molecule has 0 fully saturated rings. The third-order valence-corrected chi connectivity index (χ3v) is 3.30. The summed E-state index contributed by atoms with van der Waals surface area (Å²) in [6.07, 6.45) is -2.35. The summed E-state index contributed by atoms with van der Waals surface area (Å²) < 4.78 is 44.1. The van der Waals surface area contributed by atoms with Crippen LogP contribution in [0.2, 0.25) is 0 Å². The molecule has 114 valence electrons. The number of benzene rings is 1. The fourth-order valence-corrected chi connectivity index (χ4v) is 2.26. The van der Waals surface area contributed by atoms with Crippen molar-refractivity contribution < 1.29 is 22.7 Å². The highest BCUT2D eigenvalue weighted by Gasteiger charge is 2.37. The van der Waals surface area contributed by atoms with Crippen molar-refractivity contribution in [1.82, 2.24) is 4.98 Å². The maximum Gasteiger partial charge on any atom is 0.416 e. The van der Waals surface area contributed by atoms with Crippen LogP contribution in [0.3, 0.4) is 0 Å². The third kappa shape index (κ3) is 2.38. The number of carbonyl (C=O) groups is 1. The molecule has 0 saturated carbocycles. The highest BCUT2D eigenvalue weighted by Crippen LogP contribution is 2.42. The number of anilines is 2. The lowest BCUT2D eigenvalue weighted by Gasteiger charge is -2.33. The summed E-state index contributed by atoms with van der Waals surface area (Å²) in [5.41, 5.74) is -0.389. The van der Waals surface area contributed by atoms with Crippen LogP contribution in [0.25, 0.3) is 0 Å². The van der Waals surface area contributed by atoms with Gasteiger partial charge >= 0.3 is 6.18 Å². The van der Waals surface area contributed by atoms with E-state index < -0.39 is 23.8 Å². The van der Waals surface area contributed by atoms with E-state index >= 15 is 0 Å². The van der Waals surface area contributed by atoms with Crippen LogP contribution < -0.4 is 9.64 Å². The van der Waals surface area contributed by atoms with E-state index in [4.69, 9.17) is 4.74 Å². The first-order valence-electron chi connectivity index (χ1n) is 6.50. The molecule has 7 heteroatoms. The fourth-order valence-electron chi connectivity index (χ4n) is 2.26. The average Bonchev–Trinajstić information content (AvgIpc) is 2.48. The van der Waals surface area contributed by atoms with Crippen molar-refractivity contribution in [1.29, 1.82) is 0 Å². The number of nitrogens with zero attached hydrogens (tertiary/aromatic N) is 2. The number of fused-ring (bicyclic) bond motifs is 1. The first kappa shape index (κ1) is 14.4. The lowest BCUT2D eigenvalue weighted by atomic mass is 10.1. The number of carbonyl (C=O) groups excluding carboxylic acids is 1. The summed E-state index contributed by atoms with van der Waals surface area (Å²) in [5.74, 6) is -0.219. The summed E-state index contributed by atoms with van der Waals surface area (Å²) in [5, 5.41) is 0. The molecule has 1 unspecified atom stereocenters. The molecular weight excluding hydrogens is 297 g/mol. The number of alkyl halides is 3. The van der Waals surface area contributed by atoms with Crippen molar-refractivity contribution in [2.45, 2.75) is 19.2 Å². The van der Waals surface area contributed by atoms with Crippen molar-refractivity contribution in [3.8, 4) is 5.75 Å². The Kier molecular flexibility index (Phi) is 3.27.